The number of hydrogen-bond acceptors (Lipinski definition) is 6. The Morgan fingerprint density at radius 1 is 1.00 bits per heavy atom. The fourth-order valence-corrected chi connectivity index (χ4v) is 6.19. The predicted molar refractivity (Wildman–Crippen MR) is 173 cm³/mol. The van der Waals surface area contributed by atoms with Gasteiger partial charge in [-0.1, -0.05) is 56.3 Å². The van der Waals surface area contributed by atoms with Crippen LogP contribution in [0.1, 0.15) is 83.1 Å². The quantitative estimate of drug-likeness (QED) is 0.185. The lowest BCUT2D eigenvalue weighted by atomic mass is 9.89. The molecular formula is C36H43N5O3. The molecule has 1 atom stereocenters. The number of amides is 3. The molecule has 0 saturated carbocycles. The lowest BCUT2D eigenvalue weighted by Crippen LogP contribution is -2.52. The van der Waals surface area contributed by atoms with Crippen LogP contribution in [0.3, 0.4) is 0 Å². The van der Waals surface area contributed by atoms with Crippen molar-refractivity contribution >= 4 is 23.5 Å². The molecule has 0 bridgehead atoms. The molecule has 2 saturated heterocycles. The molecule has 3 aliphatic rings. The molecule has 6 rings (SSSR count). The predicted octanol–water partition coefficient (Wildman–Crippen LogP) is 5.41. The number of likely N-dealkylation sites (tertiary alicyclic amines) is 1. The van der Waals surface area contributed by atoms with E-state index in [0.717, 1.165) is 50.4 Å². The standard InChI is InChI=1S/C34H39N5O3.C2H4/c1-22(2)26-10-13-31(36-17-26)35-15-3-4-23-5-7-24(8-6-23)18-38-19-28(20-38)25-9-11-29-27(16-25)21-39(34(29)42)30-12-14-32(40)37-33(30)41;1-2/h5-11,13,16-17,22,28,30H,3-4,12,14-15,18-21H2,1-2H3,(H,35,36)(H,37,40,41);1-2H2. The number of fused-ring (bicyclic) bond motifs is 1. The summed E-state index contributed by atoms with van der Waals surface area (Å²) in [5, 5.41) is 5.79. The molecule has 0 radical (unpaired) electrons. The van der Waals surface area contributed by atoms with Crippen LogP contribution in [0, 0.1) is 0 Å². The van der Waals surface area contributed by atoms with Gasteiger partial charge in [0.2, 0.25) is 11.8 Å². The van der Waals surface area contributed by atoms with E-state index in [0.29, 0.717) is 30.4 Å². The first-order chi connectivity index (χ1) is 21.3. The summed E-state index contributed by atoms with van der Waals surface area (Å²) in [6.07, 6.45) is 4.70. The zero-order valence-electron chi connectivity index (χ0n) is 25.9. The Morgan fingerprint density at radius 3 is 2.43 bits per heavy atom. The van der Waals surface area contributed by atoms with Gasteiger partial charge in [0.25, 0.3) is 5.91 Å². The van der Waals surface area contributed by atoms with E-state index < -0.39 is 6.04 Å². The molecule has 0 aliphatic carbocycles. The maximum atomic E-state index is 13.0. The summed E-state index contributed by atoms with van der Waals surface area (Å²) < 4.78 is 0. The van der Waals surface area contributed by atoms with Crippen molar-refractivity contribution in [2.24, 2.45) is 0 Å². The van der Waals surface area contributed by atoms with E-state index in [1.165, 1.54) is 22.3 Å². The van der Waals surface area contributed by atoms with Gasteiger partial charge in [0.05, 0.1) is 0 Å². The molecule has 1 unspecified atom stereocenters. The van der Waals surface area contributed by atoms with Crippen molar-refractivity contribution in [2.45, 2.75) is 70.5 Å². The monoisotopic (exact) mass is 593 g/mol. The Kier molecular flexibility index (Phi) is 9.90. The first-order valence-corrected chi connectivity index (χ1v) is 15.6. The summed E-state index contributed by atoms with van der Waals surface area (Å²) in [5.41, 5.74) is 6.83. The molecule has 3 aliphatic heterocycles. The molecule has 1 aromatic heterocycles. The smallest absolute Gasteiger partial charge is 0.255 e. The van der Waals surface area contributed by atoms with Gasteiger partial charge in [-0.2, -0.15) is 0 Å². The second-order valence-electron chi connectivity index (χ2n) is 12.2. The molecule has 2 aromatic carbocycles. The Labute approximate surface area is 260 Å². The minimum Gasteiger partial charge on any atom is -0.370 e. The number of carbonyl (C=O) groups is 3. The number of aryl methyl sites for hydroxylation is 1. The van der Waals surface area contributed by atoms with Crippen molar-refractivity contribution in [3.8, 4) is 0 Å². The van der Waals surface area contributed by atoms with Crippen molar-refractivity contribution < 1.29 is 14.4 Å². The van der Waals surface area contributed by atoms with Crippen molar-refractivity contribution in [1.29, 1.82) is 0 Å². The Bertz CT molecular complexity index is 1480. The molecule has 2 N–H and O–H groups in total. The Morgan fingerprint density at radius 2 is 1.75 bits per heavy atom. The van der Waals surface area contributed by atoms with E-state index in [9.17, 15) is 14.4 Å². The highest BCUT2D eigenvalue weighted by Gasteiger charge is 2.39. The highest BCUT2D eigenvalue weighted by atomic mass is 16.2. The zero-order valence-corrected chi connectivity index (χ0v) is 25.9. The number of imide groups is 1. The highest BCUT2D eigenvalue weighted by molar-refractivity contribution is 6.05. The van der Waals surface area contributed by atoms with E-state index in [-0.39, 0.29) is 24.1 Å². The third-order valence-electron chi connectivity index (χ3n) is 8.81. The summed E-state index contributed by atoms with van der Waals surface area (Å²) in [7, 11) is 0. The van der Waals surface area contributed by atoms with Gasteiger partial charge in [-0.05, 0) is 65.1 Å². The second kappa shape index (κ2) is 14.0. The summed E-state index contributed by atoms with van der Waals surface area (Å²) in [6.45, 7) is 14.6. The van der Waals surface area contributed by atoms with Gasteiger partial charge in [-0.15, -0.1) is 13.2 Å². The fraction of sp³-hybridized carbons (Fsp3) is 0.389. The Balaban J connectivity index is 0.00000188. The van der Waals surface area contributed by atoms with Crippen LogP contribution < -0.4 is 10.6 Å². The average Bonchev–Trinajstić information content (AvgIpc) is 3.34. The second-order valence-corrected chi connectivity index (χ2v) is 12.2. The fourth-order valence-electron chi connectivity index (χ4n) is 6.19. The summed E-state index contributed by atoms with van der Waals surface area (Å²) in [6, 6.07) is 18.7. The molecule has 44 heavy (non-hydrogen) atoms. The van der Waals surface area contributed by atoms with Crippen LogP contribution in [0.2, 0.25) is 0 Å². The summed E-state index contributed by atoms with van der Waals surface area (Å²) in [4.78, 5) is 45.4. The Hall–Kier alpha value is -4.30. The molecule has 3 aromatic rings. The average molecular weight is 594 g/mol. The van der Waals surface area contributed by atoms with Gasteiger partial charge in [0, 0.05) is 56.8 Å². The number of aromatic nitrogens is 1. The number of rotatable bonds is 10. The van der Waals surface area contributed by atoms with Gasteiger partial charge >= 0.3 is 0 Å². The highest BCUT2D eigenvalue weighted by Crippen LogP contribution is 2.33. The van der Waals surface area contributed by atoms with Crippen LogP contribution in [-0.2, 0) is 29.1 Å². The molecular weight excluding hydrogens is 550 g/mol. The SMILES string of the molecule is C=C.CC(C)c1ccc(NCCCc2ccc(CN3CC(c4ccc5c(c4)CN(C4CCC(=O)NC4=O)C5=O)C3)cc2)nc1. The normalized spacial score (nSPS) is 18.4. The van der Waals surface area contributed by atoms with Crippen molar-refractivity contribution in [3.05, 3.63) is 107 Å². The number of benzene rings is 2. The van der Waals surface area contributed by atoms with Crippen LogP contribution in [0.4, 0.5) is 5.82 Å². The lowest BCUT2D eigenvalue weighted by Gasteiger charge is -2.39. The van der Waals surface area contributed by atoms with Crippen molar-refractivity contribution in [2.75, 3.05) is 25.0 Å². The molecule has 0 spiro atoms. The van der Waals surface area contributed by atoms with Gasteiger partial charge in [0.1, 0.15) is 11.9 Å². The number of carbonyl (C=O) groups excluding carboxylic acids is 3. The molecule has 8 heteroatoms. The van der Waals surface area contributed by atoms with Crippen molar-refractivity contribution in [1.82, 2.24) is 20.1 Å². The van der Waals surface area contributed by atoms with Crippen LogP contribution >= 0.6 is 0 Å². The number of nitrogens with one attached hydrogen (secondary N) is 2. The number of anilines is 1. The van der Waals surface area contributed by atoms with Crippen LogP contribution in [0.5, 0.6) is 0 Å². The first kappa shape index (κ1) is 31.1. The molecule has 4 heterocycles. The van der Waals surface area contributed by atoms with Crippen LogP contribution in [0.15, 0.2) is 74.0 Å². The van der Waals surface area contributed by atoms with Crippen molar-refractivity contribution in [3.63, 3.8) is 0 Å². The van der Waals surface area contributed by atoms with E-state index in [1.807, 2.05) is 12.3 Å². The van der Waals surface area contributed by atoms with E-state index in [2.05, 4.69) is 96.1 Å². The molecule has 2 fully saturated rings. The van der Waals surface area contributed by atoms with E-state index >= 15 is 0 Å². The molecule has 3 amide bonds. The number of hydrogen-bond donors (Lipinski definition) is 2. The van der Waals surface area contributed by atoms with E-state index in [4.69, 9.17) is 0 Å². The van der Waals surface area contributed by atoms with E-state index in [1.54, 1.807) is 4.90 Å². The minimum atomic E-state index is -0.571. The maximum Gasteiger partial charge on any atom is 0.255 e. The molecule has 230 valence electrons. The first-order valence-electron chi connectivity index (χ1n) is 15.6. The van der Waals surface area contributed by atoms with Crippen LogP contribution in [0.25, 0.3) is 0 Å². The van der Waals surface area contributed by atoms with Crippen LogP contribution in [-0.4, -0.2) is 58.2 Å². The number of nitrogens with zero attached hydrogens (tertiary/aromatic N) is 3. The van der Waals surface area contributed by atoms with Gasteiger partial charge in [0.15, 0.2) is 0 Å². The zero-order chi connectivity index (χ0) is 31.2. The largest absolute Gasteiger partial charge is 0.370 e. The summed E-state index contributed by atoms with van der Waals surface area (Å²) >= 11 is 0. The number of pyridine rings is 1. The maximum absolute atomic E-state index is 13.0. The molecule has 8 nitrogen and oxygen atoms in total. The van der Waals surface area contributed by atoms with Gasteiger partial charge in [-0.25, -0.2) is 4.98 Å². The minimum absolute atomic E-state index is 0.116. The summed E-state index contributed by atoms with van der Waals surface area (Å²) in [5.74, 6) is 1.13. The topological polar surface area (TPSA) is 94.6 Å². The van der Waals surface area contributed by atoms with Gasteiger partial charge < -0.3 is 10.2 Å². The third kappa shape index (κ3) is 7.08. The lowest BCUT2D eigenvalue weighted by molar-refractivity contribution is -0.136. The number of piperidine rings is 1. The van der Waals surface area contributed by atoms with Gasteiger partial charge in [-0.3, -0.25) is 24.6 Å². The third-order valence-corrected chi connectivity index (χ3v) is 8.81.